The van der Waals surface area contributed by atoms with Crippen LogP contribution in [0.5, 0.6) is 0 Å². The molecule has 1 amide bonds. The zero-order valence-electron chi connectivity index (χ0n) is 16.4. The van der Waals surface area contributed by atoms with Crippen LogP contribution in [0.4, 0.5) is 9.39 Å². The first-order valence-corrected chi connectivity index (χ1v) is 10.2. The van der Waals surface area contributed by atoms with Crippen molar-refractivity contribution in [2.75, 3.05) is 11.9 Å². The van der Waals surface area contributed by atoms with Crippen molar-refractivity contribution in [3.63, 3.8) is 0 Å². The lowest BCUT2D eigenvalue weighted by atomic mass is 10.0. The number of nitrogens with zero attached hydrogens (tertiary/aromatic N) is 1. The number of rotatable bonds is 6. The van der Waals surface area contributed by atoms with E-state index in [-0.39, 0.29) is 45.7 Å². The van der Waals surface area contributed by atoms with Crippen LogP contribution in [0.25, 0.3) is 0 Å². The van der Waals surface area contributed by atoms with Gasteiger partial charge in [0, 0.05) is 6.42 Å². The first-order valence-electron chi connectivity index (χ1n) is 9.03. The number of Topliss-reactive ketones (excluding diaryl/α,β-unsaturated/α-hetero) is 1. The van der Waals surface area contributed by atoms with E-state index in [1.54, 1.807) is 13.8 Å². The molecule has 1 aliphatic heterocycles. The molecular formula is C20H18ClFN2O5S. The first kappa shape index (κ1) is 21.9. The molecule has 0 saturated carbocycles. The van der Waals surface area contributed by atoms with Gasteiger partial charge in [-0.25, -0.2) is 9.18 Å². The van der Waals surface area contributed by atoms with Gasteiger partial charge in [-0.2, -0.15) is 0 Å². The van der Waals surface area contributed by atoms with Crippen LogP contribution in [0.15, 0.2) is 23.4 Å². The minimum atomic E-state index is -1.05. The maximum absolute atomic E-state index is 14.1. The molecule has 10 heteroatoms. The molecule has 1 aromatic carbocycles. The number of hydrogen-bond acceptors (Lipinski definition) is 7. The third kappa shape index (κ3) is 4.22. The van der Waals surface area contributed by atoms with E-state index >= 15 is 0 Å². The average Bonchev–Trinajstić information content (AvgIpc) is 3.27. The molecule has 1 atom stereocenters. The van der Waals surface area contributed by atoms with E-state index in [2.05, 4.69) is 10.5 Å². The SMILES string of the molecule is CCOC(=O)c1c(NC(=O)C2CC(c3c(F)cccc3Cl)=NO2)sc(C(C)=O)c1C. The van der Waals surface area contributed by atoms with Crippen molar-refractivity contribution >= 4 is 51.3 Å². The number of ketones is 1. The molecule has 1 aromatic heterocycles. The van der Waals surface area contributed by atoms with Gasteiger partial charge >= 0.3 is 5.97 Å². The predicted octanol–water partition coefficient (Wildman–Crippen LogP) is 4.36. The van der Waals surface area contributed by atoms with Crippen LogP contribution in [0, 0.1) is 12.7 Å². The molecule has 0 bridgehead atoms. The molecule has 0 saturated heterocycles. The number of carbonyl (C=O) groups is 3. The van der Waals surface area contributed by atoms with E-state index in [4.69, 9.17) is 21.2 Å². The van der Waals surface area contributed by atoms with Crippen LogP contribution in [0.1, 0.15) is 51.4 Å². The third-order valence-corrected chi connectivity index (χ3v) is 6.02. The van der Waals surface area contributed by atoms with Crippen LogP contribution in [-0.4, -0.2) is 36.1 Å². The number of benzene rings is 1. The van der Waals surface area contributed by atoms with E-state index in [0.717, 1.165) is 11.3 Å². The quantitative estimate of drug-likeness (QED) is 0.519. The van der Waals surface area contributed by atoms with Crippen molar-refractivity contribution in [2.24, 2.45) is 5.16 Å². The number of halogens is 2. The fourth-order valence-corrected chi connectivity index (χ4v) is 4.38. The van der Waals surface area contributed by atoms with Crippen molar-refractivity contribution in [1.29, 1.82) is 0 Å². The Morgan fingerprint density at radius 3 is 2.77 bits per heavy atom. The standard InChI is InChI=1S/C20H18ClFN2O5S/c1-4-28-20(27)15-9(2)17(10(3)25)30-19(15)23-18(26)14-8-13(24-29-14)16-11(21)6-5-7-12(16)22/h5-7,14H,4,8H2,1-3H3,(H,23,26). The van der Waals surface area contributed by atoms with Crippen molar-refractivity contribution in [2.45, 2.75) is 33.3 Å². The summed E-state index contributed by atoms with van der Waals surface area (Å²) < 4.78 is 19.2. The Morgan fingerprint density at radius 1 is 1.40 bits per heavy atom. The summed E-state index contributed by atoms with van der Waals surface area (Å²) in [6, 6.07) is 4.21. The van der Waals surface area contributed by atoms with Gasteiger partial charge in [0.25, 0.3) is 5.91 Å². The predicted molar refractivity (Wildman–Crippen MR) is 111 cm³/mol. The van der Waals surface area contributed by atoms with E-state index in [1.165, 1.54) is 25.1 Å². The zero-order chi connectivity index (χ0) is 22.0. The second-order valence-corrected chi connectivity index (χ2v) is 7.89. The minimum Gasteiger partial charge on any atom is -0.462 e. The van der Waals surface area contributed by atoms with Crippen LogP contribution in [-0.2, 0) is 14.4 Å². The number of thiophene rings is 1. The van der Waals surface area contributed by atoms with Crippen molar-refractivity contribution < 1.29 is 28.3 Å². The lowest BCUT2D eigenvalue weighted by molar-refractivity contribution is -0.125. The van der Waals surface area contributed by atoms with Crippen LogP contribution < -0.4 is 5.32 Å². The van der Waals surface area contributed by atoms with Gasteiger partial charge < -0.3 is 14.9 Å². The third-order valence-electron chi connectivity index (χ3n) is 4.40. The molecule has 2 heterocycles. The highest BCUT2D eigenvalue weighted by atomic mass is 35.5. The molecule has 1 aliphatic rings. The molecule has 3 rings (SSSR count). The highest BCUT2D eigenvalue weighted by Crippen LogP contribution is 2.35. The largest absolute Gasteiger partial charge is 0.462 e. The van der Waals surface area contributed by atoms with Gasteiger partial charge in [-0.3, -0.25) is 9.59 Å². The van der Waals surface area contributed by atoms with Gasteiger partial charge in [0.05, 0.1) is 33.3 Å². The fourth-order valence-electron chi connectivity index (χ4n) is 3.02. The molecular weight excluding hydrogens is 435 g/mol. The molecule has 2 aromatic rings. The summed E-state index contributed by atoms with van der Waals surface area (Å²) in [6.45, 7) is 4.78. The van der Waals surface area contributed by atoms with Gasteiger partial charge in [0.15, 0.2) is 5.78 Å². The van der Waals surface area contributed by atoms with Gasteiger partial charge in [-0.05, 0) is 38.5 Å². The molecule has 1 unspecified atom stereocenters. The Balaban J connectivity index is 1.81. The maximum Gasteiger partial charge on any atom is 0.341 e. The Labute approximate surface area is 180 Å². The highest BCUT2D eigenvalue weighted by Gasteiger charge is 2.33. The minimum absolute atomic E-state index is 0.00878. The highest BCUT2D eigenvalue weighted by molar-refractivity contribution is 7.18. The van der Waals surface area contributed by atoms with Crippen molar-refractivity contribution in [3.8, 4) is 0 Å². The lowest BCUT2D eigenvalue weighted by Gasteiger charge is -2.10. The van der Waals surface area contributed by atoms with Crippen molar-refractivity contribution in [1.82, 2.24) is 0 Å². The Kier molecular flexibility index (Phi) is 6.52. The summed E-state index contributed by atoms with van der Waals surface area (Å²) >= 11 is 7.02. The molecule has 30 heavy (non-hydrogen) atoms. The monoisotopic (exact) mass is 452 g/mol. The van der Waals surface area contributed by atoms with E-state index in [9.17, 15) is 18.8 Å². The van der Waals surface area contributed by atoms with E-state index < -0.39 is 23.8 Å². The summed E-state index contributed by atoms with van der Waals surface area (Å²) in [7, 11) is 0. The van der Waals surface area contributed by atoms with E-state index in [1.807, 2.05) is 0 Å². The summed E-state index contributed by atoms with van der Waals surface area (Å²) in [5, 5.41) is 6.75. The summed E-state index contributed by atoms with van der Waals surface area (Å²) in [6.07, 6.45) is -1.06. The Hall–Kier alpha value is -2.78. The fraction of sp³-hybridized carbons (Fsp3) is 0.300. The second kappa shape index (κ2) is 8.93. The second-order valence-electron chi connectivity index (χ2n) is 6.46. The van der Waals surface area contributed by atoms with Gasteiger partial charge in [0.1, 0.15) is 10.8 Å². The summed E-state index contributed by atoms with van der Waals surface area (Å²) in [5.41, 5.74) is 0.837. The number of carbonyl (C=O) groups excluding carboxylic acids is 3. The summed E-state index contributed by atoms with van der Waals surface area (Å²) in [4.78, 5) is 42.5. The zero-order valence-corrected chi connectivity index (χ0v) is 17.9. The number of ether oxygens (including phenoxy) is 1. The summed E-state index contributed by atoms with van der Waals surface area (Å²) in [5.74, 6) is -2.05. The van der Waals surface area contributed by atoms with Crippen LogP contribution in [0.2, 0.25) is 5.02 Å². The molecule has 7 nitrogen and oxygen atoms in total. The van der Waals surface area contributed by atoms with Crippen LogP contribution in [0.3, 0.4) is 0 Å². The van der Waals surface area contributed by atoms with Gasteiger partial charge in [0.2, 0.25) is 6.10 Å². The molecule has 1 N–H and O–H groups in total. The Bertz CT molecular complexity index is 1050. The number of oxime groups is 1. The number of anilines is 1. The van der Waals surface area contributed by atoms with Crippen LogP contribution >= 0.6 is 22.9 Å². The molecule has 0 radical (unpaired) electrons. The van der Waals surface area contributed by atoms with Crippen molar-refractivity contribution in [3.05, 3.63) is 50.6 Å². The van der Waals surface area contributed by atoms with Gasteiger partial charge in [-0.15, -0.1) is 11.3 Å². The normalized spacial score (nSPS) is 15.4. The number of hydrogen-bond donors (Lipinski definition) is 1. The number of esters is 1. The first-order chi connectivity index (χ1) is 14.2. The maximum atomic E-state index is 14.1. The molecule has 0 fully saturated rings. The molecule has 0 spiro atoms. The smallest absolute Gasteiger partial charge is 0.341 e. The number of nitrogens with one attached hydrogen (secondary N) is 1. The number of amides is 1. The lowest BCUT2D eigenvalue weighted by Crippen LogP contribution is -2.28. The molecule has 0 aliphatic carbocycles. The topological polar surface area (TPSA) is 94.1 Å². The average molecular weight is 453 g/mol. The molecule has 158 valence electrons. The van der Waals surface area contributed by atoms with E-state index in [0.29, 0.717) is 10.4 Å². The van der Waals surface area contributed by atoms with Gasteiger partial charge in [-0.1, -0.05) is 22.8 Å². The Morgan fingerprint density at radius 2 is 2.13 bits per heavy atom.